The van der Waals surface area contributed by atoms with E-state index in [2.05, 4.69) is 0 Å². The summed E-state index contributed by atoms with van der Waals surface area (Å²) in [6.07, 6.45) is -0.128. The molecule has 2 aromatic carbocycles. The lowest BCUT2D eigenvalue weighted by molar-refractivity contribution is -0.143. The molecule has 2 fully saturated rings. The van der Waals surface area contributed by atoms with Crippen LogP contribution < -0.4 is 14.4 Å². The Morgan fingerprint density at radius 1 is 1.03 bits per heavy atom. The number of hydrogen-bond acceptors (Lipinski definition) is 5. The number of rotatable bonds is 3. The van der Waals surface area contributed by atoms with E-state index in [9.17, 15) is 14.0 Å². The maximum absolute atomic E-state index is 13.2. The predicted molar refractivity (Wildman–Crippen MR) is 105 cm³/mol. The lowest BCUT2D eigenvalue weighted by atomic mass is 10.0. The van der Waals surface area contributed by atoms with Crippen molar-refractivity contribution in [1.82, 2.24) is 4.90 Å². The van der Waals surface area contributed by atoms with Crippen molar-refractivity contribution < 1.29 is 28.2 Å². The first kappa shape index (κ1) is 18.9. The Morgan fingerprint density at radius 2 is 1.83 bits per heavy atom. The number of nitrogens with zero attached hydrogens (tertiary/aromatic N) is 2. The summed E-state index contributed by atoms with van der Waals surface area (Å²) in [5, 5.41) is 0. The summed E-state index contributed by atoms with van der Waals surface area (Å²) in [7, 11) is 0. The Balaban J connectivity index is 1.27. The quantitative estimate of drug-likeness (QED) is 0.775. The molecule has 2 atom stereocenters. The van der Waals surface area contributed by atoms with E-state index in [0.29, 0.717) is 43.4 Å². The van der Waals surface area contributed by atoms with E-state index in [1.165, 1.54) is 12.1 Å². The number of anilines is 1. The number of carbonyl (C=O) groups excluding carboxylic acids is 2. The average Bonchev–Trinajstić information content (AvgIpc) is 3.39. The maximum Gasteiger partial charge on any atom is 0.231 e. The minimum atomic E-state index is -0.408. The second kappa shape index (κ2) is 7.60. The van der Waals surface area contributed by atoms with E-state index in [0.717, 1.165) is 5.56 Å². The topological polar surface area (TPSA) is 68.3 Å². The Morgan fingerprint density at radius 3 is 2.67 bits per heavy atom. The molecule has 2 aromatic rings. The van der Waals surface area contributed by atoms with Crippen LogP contribution in [0.15, 0.2) is 42.5 Å². The second-order valence-corrected chi connectivity index (χ2v) is 7.64. The summed E-state index contributed by atoms with van der Waals surface area (Å²) in [5.41, 5.74) is 1.53. The van der Waals surface area contributed by atoms with Crippen molar-refractivity contribution >= 4 is 17.5 Å². The van der Waals surface area contributed by atoms with E-state index in [1.54, 1.807) is 40.1 Å². The van der Waals surface area contributed by atoms with Gasteiger partial charge in [0.2, 0.25) is 18.6 Å². The van der Waals surface area contributed by atoms with Gasteiger partial charge in [0.15, 0.2) is 11.5 Å². The fourth-order valence-corrected chi connectivity index (χ4v) is 4.16. The zero-order valence-corrected chi connectivity index (χ0v) is 16.3. The van der Waals surface area contributed by atoms with E-state index < -0.39 is 5.92 Å². The van der Waals surface area contributed by atoms with Crippen LogP contribution in [-0.4, -0.2) is 49.7 Å². The Labute approximate surface area is 172 Å². The third-order valence-corrected chi connectivity index (χ3v) is 5.76. The number of benzene rings is 2. The van der Waals surface area contributed by atoms with Gasteiger partial charge in [-0.25, -0.2) is 4.39 Å². The molecule has 3 heterocycles. The summed E-state index contributed by atoms with van der Waals surface area (Å²) in [5.74, 6) is 0.395. The molecule has 2 unspecified atom stereocenters. The van der Waals surface area contributed by atoms with Crippen molar-refractivity contribution in [2.45, 2.75) is 12.5 Å². The van der Waals surface area contributed by atoms with Gasteiger partial charge in [-0.1, -0.05) is 12.1 Å². The van der Waals surface area contributed by atoms with Crippen LogP contribution in [0.3, 0.4) is 0 Å². The van der Waals surface area contributed by atoms with Gasteiger partial charge in [0.25, 0.3) is 0 Å². The van der Waals surface area contributed by atoms with Gasteiger partial charge in [-0.05, 0) is 29.8 Å². The normalized spacial score (nSPS) is 23.2. The second-order valence-electron chi connectivity index (χ2n) is 7.64. The molecule has 0 saturated carbocycles. The van der Waals surface area contributed by atoms with Gasteiger partial charge in [-0.2, -0.15) is 0 Å². The number of carbonyl (C=O) groups is 2. The van der Waals surface area contributed by atoms with Gasteiger partial charge in [-0.3, -0.25) is 9.59 Å². The van der Waals surface area contributed by atoms with E-state index >= 15 is 0 Å². The lowest BCUT2D eigenvalue weighted by Crippen LogP contribution is -2.45. The highest BCUT2D eigenvalue weighted by Crippen LogP contribution is 2.37. The van der Waals surface area contributed by atoms with Crippen LogP contribution in [-0.2, 0) is 14.3 Å². The molecule has 0 radical (unpaired) electrons. The number of ether oxygens (including phenoxy) is 3. The molecule has 3 aliphatic rings. The minimum absolute atomic E-state index is 0.0537. The number of morpholine rings is 1. The first-order valence-corrected chi connectivity index (χ1v) is 9.94. The molecule has 2 saturated heterocycles. The molecule has 0 bridgehead atoms. The molecule has 156 valence electrons. The molecule has 3 aliphatic heterocycles. The van der Waals surface area contributed by atoms with Crippen molar-refractivity contribution in [2.24, 2.45) is 5.92 Å². The van der Waals surface area contributed by atoms with Gasteiger partial charge in [0, 0.05) is 31.3 Å². The first-order chi connectivity index (χ1) is 14.6. The maximum atomic E-state index is 13.2. The third-order valence-electron chi connectivity index (χ3n) is 5.76. The number of amides is 2. The van der Waals surface area contributed by atoms with Gasteiger partial charge >= 0.3 is 0 Å². The van der Waals surface area contributed by atoms with Gasteiger partial charge in [-0.15, -0.1) is 0 Å². The fourth-order valence-electron chi connectivity index (χ4n) is 4.16. The van der Waals surface area contributed by atoms with Crippen LogP contribution in [0.2, 0.25) is 0 Å². The molecule has 30 heavy (non-hydrogen) atoms. The van der Waals surface area contributed by atoms with Gasteiger partial charge in [0.1, 0.15) is 11.9 Å². The Bertz CT molecular complexity index is 980. The minimum Gasteiger partial charge on any atom is -0.454 e. The molecule has 5 rings (SSSR count). The molecule has 2 amide bonds. The van der Waals surface area contributed by atoms with Crippen molar-refractivity contribution in [3.05, 3.63) is 53.8 Å². The number of hydrogen-bond donors (Lipinski definition) is 0. The standard InChI is InChI=1S/C22H21FN2O5/c23-16-3-1-14(2-4-16)20-12-24(7-8-28-20)22(27)15-9-21(26)25(11-15)17-5-6-18-19(10-17)30-13-29-18/h1-6,10,15,20H,7-9,11-13H2. The highest BCUT2D eigenvalue weighted by atomic mass is 19.1. The molecule has 7 nitrogen and oxygen atoms in total. The monoisotopic (exact) mass is 412 g/mol. The van der Waals surface area contributed by atoms with Crippen LogP contribution in [0, 0.1) is 11.7 Å². The molecule has 0 N–H and O–H groups in total. The first-order valence-electron chi connectivity index (χ1n) is 9.94. The van der Waals surface area contributed by atoms with E-state index in [-0.39, 0.29) is 36.9 Å². The fraction of sp³-hybridized carbons (Fsp3) is 0.364. The summed E-state index contributed by atoms with van der Waals surface area (Å²) >= 11 is 0. The zero-order valence-electron chi connectivity index (χ0n) is 16.3. The summed E-state index contributed by atoms with van der Waals surface area (Å²) in [4.78, 5) is 29.1. The van der Waals surface area contributed by atoms with E-state index in [1.807, 2.05) is 0 Å². The molecular formula is C22H21FN2O5. The van der Waals surface area contributed by atoms with Crippen LogP contribution in [0.5, 0.6) is 11.5 Å². The largest absolute Gasteiger partial charge is 0.454 e. The Kier molecular flexibility index (Phi) is 4.78. The van der Waals surface area contributed by atoms with E-state index in [4.69, 9.17) is 14.2 Å². The van der Waals surface area contributed by atoms with Gasteiger partial charge in [0.05, 0.1) is 19.1 Å². The summed E-state index contributed by atoms with van der Waals surface area (Å²) in [6.45, 7) is 1.76. The summed E-state index contributed by atoms with van der Waals surface area (Å²) < 4.78 is 29.7. The van der Waals surface area contributed by atoms with Crippen molar-refractivity contribution in [3.8, 4) is 11.5 Å². The average molecular weight is 412 g/mol. The molecule has 0 aliphatic carbocycles. The van der Waals surface area contributed by atoms with Crippen LogP contribution in [0.25, 0.3) is 0 Å². The van der Waals surface area contributed by atoms with Gasteiger partial charge < -0.3 is 24.0 Å². The predicted octanol–water partition coefficient (Wildman–Crippen LogP) is 2.51. The SMILES string of the molecule is O=C(C1CC(=O)N(c2ccc3c(c2)OCO3)C1)N1CCOC(c2ccc(F)cc2)C1. The number of halogens is 1. The Hall–Kier alpha value is -3.13. The number of fused-ring (bicyclic) bond motifs is 1. The molecule has 0 aromatic heterocycles. The van der Waals surface area contributed by atoms with Crippen molar-refractivity contribution in [3.63, 3.8) is 0 Å². The summed E-state index contributed by atoms with van der Waals surface area (Å²) in [6, 6.07) is 11.5. The highest BCUT2D eigenvalue weighted by Gasteiger charge is 2.39. The van der Waals surface area contributed by atoms with Crippen LogP contribution >= 0.6 is 0 Å². The van der Waals surface area contributed by atoms with Crippen LogP contribution in [0.4, 0.5) is 10.1 Å². The van der Waals surface area contributed by atoms with Crippen molar-refractivity contribution in [1.29, 1.82) is 0 Å². The lowest BCUT2D eigenvalue weighted by Gasteiger charge is -2.34. The van der Waals surface area contributed by atoms with Crippen LogP contribution in [0.1, 0.15) is 18.1 Å². The highest BCUT2D eigenvalue weighted by molar-refractivity contribution is 6.00. The molecular weight excluding hydrogens is 391 g/mol. The van der Waals surface area contributed by atoms with Crippen molar-refractivity contribution in [2.75, 3.05) is 37.9 Å². The smallest absolute Gasteiger partial charge is 0.231 e. The third kappa shape index (κ3) is 3.47. The zero-order chi connectivity index (χ0) is 20.7. The molecule has 0 spiro atoms. The molecule has 8 heteroatoms.